The molecule has 6 nitrogen and oxygen atoms in total. The van der Waals surface area contributed by atoms with Gasteiger partial charge >= 0.3 is 0 Å². The Bertz CT molecular complexity index is 957. The Morgan fingerprint density at radius 2 is 1.80 bits per heavy atom. The zero-order valence-corrected chi connectivity index (χ0v) is 18.1. The molecule has 7 heteroatoms. The van der Waals surface area contributed by atoms with Crippen LogP contribution in [0.5, 0.6) is 0 Å². The van der Waals surface area contributed by atoms with Crippen LogP contribution in [0.1, 0.15) is 42.6 Å². The highest BCUT2D eigenvalue weighted by molar-refractivity contribution is 6.34. The predicted octanol–water partition coefficient (Wildman–Crippen LogP) is 4.17. The Labute approximate surface area is 181 Å². The van der Waals surface area contributed by atoms with Crippen molar-refractivity contribution >= 4 is 40.7 Å². The molecule has 3 rings (SSSR count). The van der Waals surface area contributed by atoms with Crippen LogP contribution in [0, 0.1) is 12.8 Å². The van der Waals surface area contributed by atoms with Crippen LogP contribution in [0.25, 0.3) is 0 Å². The largest absolute Gasteiger partial charge is 0.340 e. The van der Waals surface area contributed by atoms with Crippen LogP contribution in [-0.2, 0) is 9.59 Å². The molecule has 30 heavy (non-hydrogen) atoms. The molecule has 0 aliphatic carbocycles. The number of anilines is 2. The summed E-state index contributed by atoms with van der Waals surface area (Å²) in [4.78, 5) is 39.0. The van der Waals surface area contributed by atoms with E-state index in [4.69, 9.17) is 11.6 Å². The molecule has 1 aliphatic rings. The molecule has 0 aromatic heterocycles. The first kappa shape index (κ1) is 21.8. The van der Waals surface area contributed by atoms with Crippen LogP contribution in [0.4, 0.5) is 11.4 Å². The lowest BCUT2D eigenvalue weighted by molar-refractivity contribution is -0.119. The summed E-state index contributed by atoms with van der Waals surface area (Å²) in [5.41, 5.74) is 2.71. The van der Waals surface area contributed by atoms with Gasteiger partial charge in [-0.25, -0.2) is 0 Å². The Morgan fingerprint density at radius 1 is 1.10 bits per heavy atom. The number of nitrogens with one attached hydrogen (secondary N) is 2. The zero-order valence-electron chi connectivity index (χ0n) is 17.4. The van der Waals surface area contributed by atoms with E-state index in [9.17, 15) is 14.4 Å². The zero-order chi connectivity index (χ0) is 21.8. The van der Waals surface area contributed by atoms with E-state index in [1.807, 2.05) is 32.9 Å². The summed E-state index contributed by atoms with van der Waals surface area (Å²) in [5.74, 6) is -0.694. The maximum absolute atomic E-state index is 12.8. The fraction of sp³-hybridized carbons (Fsp3) is 0.348. The molecule has 2 aromatic rings. The third-order valence-corrected chi connectivity index (χ3v) is 5.43. The van der Waals surface area contributed by atoms with Crippen LogP contribution in [0.2, 0.25) is 5.02 Å². The summed E-state index contributed by atoms with van der Waals surface area (Å²) in [5, 5.41) is 6.03. The van der Waals surface area contributed by atoms with Gasteiger partial charge in [0.2, 0.25) is 11.8 Å². The van der Waals surface area contributed by atoms with Crippen LogP contribution < -0.4 is 15.5 Å². The number of amides is 3. The van der Waals surface area contributed by atoms with E-state index < -0.39 is 6.04 Å². The van der Waals surface area contributed by atoms with Crippen molar-refractivity contribution in [1.29, 1.82) is 0 Å². The van der Waals surface area contributed by atoms with Crippen molar-refractivity contribution in [1.82, 2.24) is 5.32 Å². The molecule has 1 atom stereocenters. The van der Waals surface area contributed by atoms with Gasteiger partial charge in [-0.15, -0.1) is 0 Å². The lowest BCUT2D eigenvalue weighted by Crippen LogP contribution is -2.47. The highest BCUT2D eigenvalue weighted by Crippen LogP contribution is 2.31. The van der Waals surface area contributed by atoms with E-state index in [1.165, 1.54) is 0 Å². The molecule has 0 saturated carbocycles. The maximum atomic E-state index is 12.8. The van der Waals surface area contributed by atoms with Crippen LogP contribution in [-0.4, -0.2) is 30.3 Å². The number of benzene rings is 2. The summed E-state index contributed by atoms with van der Waals surface area (Å²) in [7, 11) is 0. The molecular weight excluding hydrogens is 402 g/mol. The fourth-order valence-electron chi connectivity index (χ4n) is 3.39. The van der Waals surface area contributed by atoms with Crippen molar-refractivity contribution < 1.29 is 14.4 Å². The van der Waals surface area contributed by atoms with Crippen molar-refractivity contribution in [3.8, 4) is 0 Å². The molecule has 0 radical (unpaired) electrons. The maximum Gasteiger partial charge on any atom is 0.251 e. The number of carbonyl (C=O) groups is 3. The molecule has 1 heterocycles. The van der Waals surface area contributed by atoms with Gasteiger partial charge < -0.3 is 15.5 Å². The summed E-state index contributed by atoms with van der Waals surface area (Å²) < 4.78 is 0. The SMILES string of the molecule is Cc1ccc(C(=O)N[C@H](C(=O)Nc2ccc(N3CCCC3=O)c(Cl)c2)C(C)C)cc1. The Hall–Kier alpha value is -2.86. The van der Waals surface area contributed by atoms with Gasteiger partial charge in [0, 0.05) is 24.2 Å². The number of carbonyl (C=O) groups excluding carboxylic acids is 3. The average Bonchev–Trinajstić information content (AvgIpc) is 3.12. The molecule has 0 spiro atoms. The monoisotopic (exact) mass is 427 g/mol. The smallest absolute Gasteiger partial charge is 0.251 e. The van der Waals surface area contributed by atoms with E-state index in [-0.39, 0.29) is 23.6 Å². The summed E-state index contributed by atoms with van der Waals surface area (Å²) in [6.45, 7) is 6.33. The highest BCUT2D eigenvalue weighted by Gasteiger charge is 2.26. The fourth-order valence-corrected chi connectivity index (χ4v) is 3.67. The van der Waals surface area contributed by atoms with Gasteiger partial charge in [0.05, 0.1) is 10.7 Å². The van der Waals surface area contributed by atoms with Crippen molar-refractivity contribution in [3.05, 3.63) is 58.6 Å². The highest BCUT2D eigenvalue weighted by atomic mass is 35.5. The predicted molar refractivity (Wildman–Crippen MR) is 119 cm³/mol. The Kier molecular flexibility index (Phi) is 6.77. The Morgan fingerprint density at radius 3 is 2.37 bits per heavy atom. The van der Waals surface area contributed by atoms with Crippen molar-refractivity contribution in [2.75, 3.05) is 16.8 Å². The first-order chi connectivity index (χ1) is 14.3. The van der Waals surface area contributed by atoms with E-state index in [2.05, 4.69) is 10.6 Å². The summed E-state index contributed by atoms with van der Waals surface area (Å²) in [6.07, 6.45) is 1.33. The van der Waals surface area contributed by atoms with Crippen LogP contribution in [0.3, 0.4) is 0 Å². The molecule has 2 N–H and O–H groups in total. The average molecular weight is 428 g/mol. The number of nitrogens with zero attached hydrogens (tertiary/aromatic N) is 1. The molecule has 3 amide bonds. The molecule has 1 aliphatic heterocycles. The molecule has 1 fully saturated rings. The minimum Gasteiger partial charge on any atom is -0.340 e. The third kappa shape index (κ3) is 5.00. The molecule has 0 unspecified atom stereocenters. The van der Waals surface area contributed by atoms with E-state index >= 15 is 0 Å². The molecular formula is C23H26ClN3O3. The standard InChI is InChI=1S/C23H26ClN3O3/c1-14(2)21(26-22(29)16-8-6-15(3)7-9-16)23(30)25-17-10-11-19(18(24)13-17)27-12-4-5-20(27)28/h6-11,13-14,21H,4-5,12H2,1-3H3,(H,25,30)(H,26,29)/t21-/m0/s1. The first-order valence-corrected chi connectivity index (χ1v) is 10.4. The number of hydrogen-bond acceptors (Lipinski definition) is 3. The summed E-state index contributed by atoms with van der Waals surface area (Å²) in [6, 6.07) is 11.5. The second-order valence-electron chi connectivity index (χ2n) is 7.87. The van der Waals surface area contributed by atoms with Crippen molar-refractivity contribution in [2.45, 2.75) is 39.7 Å². The molecule has 1 saturated heterocycles. The van der Waals surface area contributed by atoms with Crippen LogP contribution in [0.15, 0.2) is 42.5 Å². The third-order valence-electron chi connectivity index (χ3n) is 5.13. The van der Waals surface area contributed by atoms with Gasteiger partial charge in [-0.1, -0.05) is 43.1 Å². The number of aryl methyl sites for hydroxylation is 1. The van der Waals surface area contributed by atoms with Gasteiger partial charge in [0.15, 0.2) is 0 Å². The first-order valence-electron chi connectivity index (χ1n) is 10.0. The minimum absolute atomic E-state index is 0.0485. The van der Waals surface area contributed by atoms with E-state index in [0.29, 0.717) is 34.9 Å². The van der Waals surface area contributed by atoms with E-state index in [1.54, 1.807) is 35.2 Å². The second kappa shape index (κ2) is 9.30. The minimum atomic E-state index is -0.711. The number of rotatable bonds is 6. The van der Waals surface area contributed by atoms with Crippen molar-refractivity contribution in [2.24, 2.45) is 5.92 Å². The number of hydrogen-bond donors (Lipinski definition) is 2. The van der Waals surface area contributed by atoms with Gasteiger partial charge in [-0.3, -0.25) is 14.4 Å². The lowest BCUT2D eigenvalue weighted by Gasteiger charge is -2.22. The quantitative estimate of drug-likeness (QED) is 0.726. The lowest BCUT2D eigenvalue weighted by atomic mass is 10.0. The molecule has 0 bridgehead atoms. The van der Waals surface area contributed by atoms with Gasteiger partial charge in [0.1, 0.15) is 6.04 Å². The summed E-state index contributed by atoms with van der Waals surface area (Å²) >= 11 is 6.36. The molecule has 2 aromatic carbocycles. The van der Waals surface area contributed by atoms with Gasteiger partial charge in [0.25, 0.3) is 5.91 Å². The topological polar surface area (TPSA) is 78.5 Å². The molecule has 158 valence electrons. The van der Waals surface area contributed by atoms with E-state index in [0.717, 1.165) is 12.0 Å². The second-order valence-corrected chi connectivity index (χ2v) is 8.27. The normalized spacial score (nSPS) is 14.7. The Balaban J connectivity index is 1.70. The van der Waals surface area contributed by atoms with Crippen LogP contribution >= 0.6 is 11.6 Å². The van der Waals surface area contributed by atoms with Gasteiger partial charge in [-0.2, -0.15) is 0 Å². The van der Waals surface area contributed by atoms with Gasteiger partial charge in [-0.05, 0) is 49.6 Å². The number of halogens is 1. The van der Waals surface area contributed by atoms with Crippen molar-refractivity contribution in [3.63, 3.8) is 0 Å².